The van der Waals surface area contributed by atoms with E-state index in [-0.39, 0.29) is 13.2 Å². The third-order valence-corrected chi connectivity index (χ3v) is 0.502. The first-order chi connectivity index (χ1) is 10.9. The number of aliphatic hydroxyl groups is 1. The molecule has 0 rings (SSSR count). The molecule has 0 atom stereocenters. The molecule has 3 nitrogen and oxygen atoms in total. The second-order valence-corrected chi connectivity index (χ2v) is 3.14. The molecule has 0 aliphatic rings. The van der Waals surface area contributed by atoms with E-state index in [4.69, 9.17) is 5.11 Å². The number of aliphatic hydroxyl groups excluding tert-OH is 1. The number of hydrogen-bond acceptors (Lipinski definition) is 3. The van der Waals surface area contributed by atoms with Crippen LogP contribution in [0.15, 0.2) is 75.9 Å². The Hall–Kier alpha value is -2.13. The van der Waals surface area contributed by atoms with Crippen LogP contribution in [0.1, 0.15) is 34.6 Å². The van der Waals surface area contributed by atoms with E-state index in [2.05, 4.69) is 44.2 Å². The number of rotatable bonds is 3. The van der Waals surface area contributed by atoms with Gasteiger partial charge in [0, 0.05) is 6.08 Å². The third kappa shape index (κ3) is 424. The van der Waals surface area contributed by atoms with Crippen LogP contribution in [0.5, 0.6) is 0 Å². The van der Waals surface area contributed by atoms with Crippen molar-refractivity contribution in [1.29, 1.82) is 0 Å². The molecule has 0 radical (unpaired) electrons. The van der Waals surface area contributed by atoms with E-state index in [0.717, 1.165) is 6.08 Å². The second-order valence-electron chi connectivity index (χ2n) is 3.14. The molecule has 0 spiro atoms. The Morgan fingerprint density at radius 3 is 1.13 bits per heavy atom. The summed E-state index contributed by atoms with van der Waals surface area (Å²) < 4.78 is 4.33. The van der Waals surface area contributed by atoms with Gasteiger partial charge in [-0.05, 0) is 34.6 Å². The molecule has 0 aliphatic carbocycles. The van der Waals surface area contributed by atoms with Gasteiger partial charge in [-0.2, -0.15) is 0 Å². The molecule has 0 unspecified atom stereocenters. The predicted molar refractivity (Wildman–Crippen MR) is 108 cm³/mol. The van der Waals surface area contributed by atoms with Crippen LogP contribution < -0.4 is 0 Å². The number of hydrogen-bond donors (Lipinski definition) is 1. The molecule has 23 heavy (non-hydrogen) atoms. The third-order valence-electron chi connectivity index (χ3n) is 0.502. The van der Waals surface area contributed by atoms with Gasteiger partial charge in [-0.1, -0.05) is 37.0 Å². The van der Waals surface area contributed by atoms with Gasteiger partial charge in [0.1, 0.15) is 6.61 Å². The minimum atomic E-state index is -0.501. The van der Waals surface area contributed by atoms with Crippen LogP contribution in [-0.4, -0.2) is 24.3 Å². The molecule has 0 bridgehead atoms. The van der Waals surface area contributed by atoms with Gasteiger partial charge < -0.3 is 9.84 Å². The topological polar surface area (TPSA) is 46.5 Å². The lowest BCUT2D eigenvalue weighted by molar-refractivity contribution is -0.138. The molecule has 136 valence electrons. The SMILES string of the molecule is C=CC.C=CC.C=CC.C=CC.C=CC.C=CC(=O)OCCO. The van der Waals surface area contributed by atoms with E-state index >= 15 is 0 Å². The fraction of sp³-hybridized carbons (Fsp3) is 0.350. The lowest BCUT2D eigenvalue weighted by atomic mass is 10.6. The van der Waals surface area contributed by atoms with Crippen molar-refractivity contribution >= 4 is 5.97 Å². The molecule has 0 heterocycles. The number of carbonyl (C=O) groups is 1. The normalized spacial score (nSPS) is 5.65. The van der Waals surface area contributed by atoms with E-state index in [1.165, 1.54) is 0 Å². The Morgan fingerprint density at radius 1 is 0.783 bits per heavy atom. The summed E-state index contributed by atoms with van der Waals surface area (Å²) in [6.45, 7) is 29.3. The fourth-order valence-corrected chi connectivity index (χ4v) is 0.205. The van der Waals surface area contributed by atoms with Crippen LogP contribution in [0.2, 0.25) is 0 Å². The second kappa shape index (κ2) is 72.6. The Balaban J connectivity index is -0.0000000411. The molecule has 1 N–H and O–H groups in total. The average Bonchev–Trinajstić information content (AvgIpc) is 2.49. The monoisotopic (exact) mass is 326 g/mol. The maximum atomic E-state index is 10.1. The van der Waals surface area contributed by atoms with Crippen molar-refractivity contribution in [3.8, 4) is 0 Å². The van der Waals surface area contributed by atoms with E-state index < -0.39 is 5.97 Å². The highest BCUT2D eigenvalue weighted by molar-refractivity contribution is 5.81. The summed E-state index contributed by atoms with van der Waals surface area (Å²) in [5, 5.41) is 8.10. The van der Waals surface area contributed by atoms with Crippen LogP contribution in [0.3, 0.4) is 0 Å². The number of allylic oxidation sites excluding steroid dienone is 5. The van der Waals surface area contributed by atoms with Crippen molar-refractivity contribution in [1.82, 2.24) is 0 Å². The molecule has 0 fully saturated rings. The highest BCUT2D eigenvalue weighted by atomic mass is 16.5. The highest BCUT2D eigenvalue weighted by Gasteiger charge is 1.90. The van der Waals surface area contributed by atoms with Crippen LogP contribution >= 0.6 is 0 Å². The smallest absolute Gasteiger partial charge is 0.330 e. The van der Waals surface area contributed by atoms with Gasteiger partial charge in [0.2, 0.25) is 0 Å². The molecule has 0 aromatic heterocycles. The van der Waals surface area contributed by atoms with Gasteiger partial charge in [-0.3, -0.25) is 0 Å². The van der Waals surface area contributed by atoms with E-state index in [9.17, 15) is 4.79 Å². The number of esters is 1. The minimum absolute atomic E-state index is 0.0465. The summed E-state index contributed by atoms with van der Waals surface area (Å²) in [5.74, 6) is -0.501. The summed E-state index contributed by atoms with van der Waals surface area (Å²) in [6, 6.07) is 0. The largest absolute Gasteiger partial charge is 0.460 e. The van der Waals surface area contributed by atoms with Crippen molar-refractivity contribution in [2.45, 2.75) is 34.6 Å². The quantitative estimate of drug-likeness (QED) is 0.413. The Labute approximate surface area is 145 Å². The van der Waals surface area contributed by atoms with Crippen molar-refractivity contribution in [2.75, 3.05) is 13.2 Å². The maximum absolute atomic E-state index is 10.1. The van der Waals surface area contributed by atoms with Gasteiger partial charge in [0.25, 0.3) is 0 Å². The van der Waals surface area contributed by atoms with Crippen LogP contribution in [0, 0.1) is 0 Å². The predicted octanol–water partition coefficient (Wildman–Crippen LogP) is 5.67. The summed E-state index contributed by atoms with van der Waals surface area (Å²) in [6.07, 6.45) is 9.80. The molecule has 0 saturated carbocycles. The van der Waals surface area contributed by atoms with Crippen LogP contribution in [0.4, 0.5) is 0 Å². The summed E-state index contributed by atoms with van der Waals surface area (Å²) in [7, 11) is 0. The standard InChI is InChI=1S/C5H8O3.5C3H6/c1-2-5(7)8-4-3-6;5*1-3-2/h2,6H,1,3-4H2;5*3H,1H2,2H3. The van der Waals surface area contributed by atoms with Crippen molar-refractivity contribution < 1.29 is 14.6 Å². The van der Waals surface area contributed by atoms with Gasteiger partial charge >= 0.3 is 5.97 Å². The lowest BCUT2D eigenvalue weighted by Crippen LogP contribution is -2.04. The van der Waals surface area contributed by atoms with Crippen molar-refractivity contribution in [3.63, 3.8) is 0 Å². The summed E-state index contributed by atoms with van der Waals surface area (Å²) in [5.41, 5.74) is 0. The van der Waals surface area contributed by atoms with E-state index in [1.807, 2.05) is 34.6 Å². The Kier molecular flexibility index (Phi) is 118. The van der Waals surface area contributed by atoms with Crippen LogP contribution in [-0.2, 0) is 9.53 Å². The van der Waals surface area contributed by atoms with Crippen molar-refractivity contribution in [2.24, 2.45) is 0 Å². The molecule has 3 heteroatoms. The molecular formula is C20H38O3. The van der Waals surface area contributed by atoms with Gasteiger partial charge in [0.15, 0.2) is 0 Å². The molecule has 0 aliphatic heterocycles. The number of carbonyl (C=O) groups excluding carboxylic acids is 1. The Morgan fingerprint density at radius 2 is 1.00 bits per heavy atom. The van der Waals surface area contributed by atoms with Gasteiger partial charge in [-0.15, -0.1) is 32.9 Å². The Bertz CT molecular complexity index is 219. The molecule has 0 aromatic carbocycles. The molecular weight excluding hydrogens is 288 g/mol. The van der Waals surface area contributed by atoms with Crippen molar-refractivity contribution in [3.05, 3.63) is 75.9 Å². The summed E-state index contributed by atoms with van der Waals surface area (Å²) in [4.78, 5) is 10.1. The molecule has 0 aromatic rings. The zero-order valence-electron chi connectivity index (χ0n) is 15.9. The lowest BCUT2D eigenvalue weighted by Gasteiger charge is -1.94. The average molecular weight is 327 g/mol. The first kappa shape index (κ1) is 37.3. The van der Waals surface area contributed by atoms with E-state index in [1.54, 1.807) is 30.4 Å². The molecule has 0 amide bonds. The summed E-state index contributed by atoms with van der Waals surface area (Å²) >= 11 is 0. The first-order valence-corrected chi connectivity index (χ1v) is 7.14. The minimum Gasteiger partial charge on any atom is -0.460 e. The zero-order valence-corrected chi connectivity index (χ0v) is 15.9. The van der Waals surface area contributed by atoms with Gasteiger partial charge in [0.05, 0.1) is 6.61 Å². The fourth-order valence-electron chi connectivity index (χ4n) is 0.205. The van der Waals surface area contributed by atoms with Gasteiger partial charge in [-0.25, -0.2) is 4.79 Å². The number of ether oxygens (including phenoxy) is 1. The van der Waals surface area contributed by atoms with Crippen LogP contribution in [0.25, 0.3) is 0 Å². The highest BCUT2D eigenvalue weighted by Crippen LogP contribution is 1.75. The maximum Gasteiger partial charge on any atom is 0.330 e. The zero-order chi connectivity index (χ0) is 19.9. The molecule has 0 saturated heterocycles. The first-order valence-electron chi connectivity index (χ1n) is 7.14. The van der Waals surface area contributed by atoms with E-state index in [0.29, 0.717) is 0 Å².